The fraction of sp³-hybridized carbons (Fsp3) is 0.222. The van der Waals surface area contributed by atoms with Crippen molar-refractivity contribution < 1.29 is 41.0 Å². The second kappa shape index (κ2) is 10.1. The van der Waals surface area contributed by atoms with E-state index in [0.717, 1.165) is 12.3 Å². The molecule has 32 heavy (non-hydrogen) atoms. The highest BCUT2D eigenvalue weighted by Crippen LogP contribution is 2.36. The smallest absolute Gasteiger partial charge is 0.416 e. The summed E-state index contributed by atoms with van der Waals surface area (Å²) in [6, 6.07) is 5.38. The van der Waals surface area contributed by atoms with E-state index in [4.69, 9.17) is 9.84 Å². The van der Waals surface area contributed by atoms with Gasteiger partial charge < -0.3 is 15.2 Å². The lowest BCUT2D eigenvalue weighted by atomic mass is 10.1. The van der Waals surface area contributed by atoms with Gasteiger partial charge in [-0.3, -0.25) is 14.3 Å². The third kappa shape index (κ3) is 7.67. The number of carbonyl (C=O) groups is 2. The molecule has 174 valence electrons. The summed E-state index contributed by atoms with van der Waals surface area (Å²) < 4.78 is 70.5. The van der Waals surface area contributed by atoms with Crippen LogP contribution in [0.1, 0.15) is 21.5 Å². The van der Waals surface area contributed by atoms with Crippen LogP contribution in [-0.2, 0) is 27.6 Å². The normalized spacial score (nSPS) is 11.7. The maximum atomic E-state index is 13.2. The Morgan fingerprint density at radius 1 is 1.09 bits per heavy atom. The monoisotopic (exact) mass is 602 g/mol. The average Bonchev–Trinajstić information content (AvgIpc) is 2.63. The number of halogens is 5. The average molecular weight is 604 g/mol. The first-order chi connectivity index (χ1) is 14.7. The van der Waals surface area contributed by atoms with Crippen LogP contribution in [0.5, 0.6) is 5.75 Å². The van der Waals surface area contributed by atoms with E-state index in [1.165, 1.54) is 18.2 Å². The number of carbonyl (C=O) groups excluding carboxylic acids is 1. The standard InChI is InChI=1S/C18H15Br2F3N2O6S/c1-32(29,30)25-12-3-9(2-11(6-12)18(21,22)23)8-31-16-13(19)4-10(5-14(16)20)17(28)24-7-15(26)27/h2-6,25H,7-8H2,1H3,(H,24,28)(H,26,27). The molecule has 0 fully saturated rings. The summed E-state index contributed by atoms with van der Waals surface area (Å²) in [4.78, 5) is 22.6. The Bertz CT molecular complexity index is 1130. The minimum Gasteiger partial charge on any atom is -0.487 e. The summed E-state index contributed by atoms with van der Waals surface area (Å²) in [6.45, 7) is -0.935. The Kier molecular flexibility index (Phi) is 8.17. The molecule has 14 heteroatoms. The number of hydrogen-bond donors (Lipinski definition) is 3. The molecule has 0 radical (unpaired) electrons. The molecule has 0 aliphatic heterocycles. The molecule has 2 aromatic carbocycles. The zero-order chi connectivity index (χ0) is 24.3. The third-order valence-corrected chi connectivity index (χ3v) is 5.45. The molecule has 0 saturated carbocycles. The molecule has 0 unspecified atom stereocenters. The Morgan fingerprint density at radius 3 is 2.19 bits per heavy atom. The number of alkyl halides is 3. The largest absolute Gasteiger partial charge is 0.487 e. The quantitative estimate of drug-likeness (QED) is 0.419. The van der Waals surface area contributed by atoms with E-state index in [0.29, 0.717) is 6.07 Å². The molecule has 8 nitrogen and oxygen atoms in total. The van der Waals surface area contributed by atoms with E-state index < -0.39 is 40.2 Å². The van der Waals surface area contributed by atoms with Crippen molar-refractivity contribution in [1.82, 2.24) is 5.32 Å². The van der Waals surface area contributed by atoms with Crippen molar-refractivity contribution in [2.45, 2.75) is 12.8 Å². The van der Waals surface area contributed by atoms with Crippen molar-refractivity contribution in [3.63, 3.8) is 0 Å². The van der Waals surface area contributed by atoms with E-state index in [1.807, 2.05) is 4.72 Å². The molecular weight excluding hydrogens is 589 g/mol. The molecule has 0 saturated heterocycles. The first kappa shape index (κ1) is 25.9. The maximum Gasteiger partial charge on any atom is 0.416 e. The van der Waals surface area contributed by atoms with Crippen LogP contribution in [0.3, 0.4) is 0 Å². The molecule has 0 aliphatic carbocycles. The van der Waals surface area contributed by atoms with Crippen LogP contribution in [0.25, 0.3) is 0 Å². The van der Waals surface area contributed by atoms with Crippen molar-refractivity contribution in [2.24, 2.45) is 0 Å². The minimum absolute atomic E-state index is 0.0352. The van der Waals surface area contributed by atoms with Crippen molar-refractivity contribution in [1.29, 1.82) is 0 Å². The summed E-state index contributed by atoms with van der Waals surface area (Å²) in [5, 5.41) is 10.8. The van der Waals surface area contributed by atoms with Crippen molar-refractivity contribution in [3.05, 3.63) is 56.0 Å². The van der Waals surface area contributed by atoms with Crippen LogP contribution in [0.4, 0.5) is 18.9 Å². The van der Waals surface area contributed by atoms with Gasteiger partial charge in [0.1, 0.15) is 18.9 Å². The highest BCUT2D eigenvalue weighted by molar-refractivity contribution is 9.11. The number of sulfonamides is 1. The molecule has 1 amide bonds. The van der Waals surface area contributed by atoms with Crippen LogP contribution < -0.4 is 14.8 Å². The number of carboxylic acid groups (broad SMARTS) is 1. The highest BCUT2D eigenvalue weighted by Gasteiger charge is 2.31. The zero-order valence-corrected chi connectivity index (χ0v) is 20.1. The molecule has 0 bridgehead atoms. The molecule has 2 rings (SSSR count). The van der Waals surface area contributed by atoms with Crippen LogP contribution in [-0.4, -0.2) is 38.2 Å². The lowest BCUT2D eigenvalue weighted by molar-refractivity contribution is -0.138. The van der Waals surface area contributed by atoms with E-state index in [2.05, 4.69) is 37.2 Å². The van der Waals surface area contributed by atoms with Gasteiger partial charge in [-0.1, -0.05) is 0 Å². The second-order valence-corrected chi connectivity index (χ2v) is 9.88. The molecule has 0 heterocycles. The fourth-order valence-corrected chi connectivity index (χ4v) is 4.42. The summed E-state index contributed by atoms with van der Waals surface area (Å²) in [5.41, 5.74) is -1.19. The SMILES string of the molecule is CS(=O)(=O)Nc1cc(COc2c(Br)cc(C(=O)NCC(=O)O)cc2Br)cc(C(F)(F)F)c1. The summed E-state index contributed by atoms with van der Waals surface area (Å²) in [5.74, 6) is -1.72. The second-order valence-electron chi connectivity index (χ2n) is 6.42. The molecule has 0 aromatic heterocycles. The van der Waals surface area contributed by atoms with Crippen LogP contribution in [0.15, 0.2) is 39.3 Å². The van der Waals surface area contributed by atoms with Crippen molar-refractivity contribution in [3.8, 4) is 5.75 Å². The predicted molar refractivity (Wildman–Crippen MR) is 116 cm³/mol. The van der Waals surface area contributed by atoms with Crippen molar-refractivity contribution in [2.75, 3.05) is 17.5 Å². The van der Waals surface area contributed by atoms with E-state index >= 15 is 0 Å². The Balaban J connectivity index is 2.28. The predicted octanol–water partition coefficient (Wildman–Crippen LogP) is 4.00. The first-order valence-corrected chi connectivity index (χ1v) is 11.9. The summed E-state index contributed by atoms with van der Waals surface area (Å²) >= 11 is 6.39. The van der Waals surface area contributed by atoms with Gasteiger partial charge in [-0.15, -0.1) is 0 Å². The Labute approximate surface area is 197 Å². The lowest BCUT2D eigenvalue weighted by Crippen LogP contribution is -2.29. The van der Waals surface area contributed by atoms with Gasteiger partial charge in [0.2, 0.25) is 10.0 Å². The van der Waals surface area contributed by atoms with Crippen molar-refractivity contribution >= 4 is 59.4 Å². The highest BCUT2D eigenvalue weighted by atomic mass is 79.9. The lowest BCUT2D eigenvalue weighted by Gasteiger charge is -2.15. The Hall–Kier alpha value is -2.32. The van der Waals surface area contributed by atoms with E-state index in [1.54, 1.807) is 0 Å². The number of benzene rings is 2. The van der Waals surface area contributed by atoms with Crippen LogP contribution in [0.2, 0.25) is 0 Å². The number of hydrogen-bond acceptors (Lipinski definition) is 5. The summed E-state index contributed by atoms with van der Waals surface area (Å²) in [6.07, 6.45) is -3.90. The molecular formula is C18H15Br2F3N2O6S. The van der Waals surface area contributed by atoms with Gasteiger partial charge in [0.05, 0.1) is 20.8 Å². The Morgan fingerprint density at radius 2 is 1.69 bits per heavy atom. The van der Waals surface area contributed by atoms with Gasteiger partial charge in [0.25, 0.3) is 5.91 Å². The number of nitrogens with one attached hydrogen (secondary N) is 2. The molecule has 0 atom stereocenters. The molecule has 0 spiro atoms. The van der Waals surface area contributed by atoms with Crippen LogP contribution >= 0.6 is 31.9 Å². The maximum absolute atomic E-state index is 13.2. The van der Waals surface area contributed by atoms with Gasteiger partial charge in [0, 0.05) is 11.3 Å². The number of aliphatic carboxylic acids is 1. The summed E-state index contributed by atoms with van der Waals surface area (Å²) in [7, 11) is -3.81. The number of amides is 1. The fourth-order valence-electron chi connectivity index (χ4n) is 2.45. The zero-order valence-electron chi connectivity index (χ0n) is 16.1. The number of ether oxygens (including phenoxy) is 1. The third-order valence-electron chi connectivity index (χ3n) is 3.67. The van der Waals surface area contributed by atoms with Crippen LogP contribution in [0, 0.1) is 0 Å². The van der Waals surface area contributed by atoms with Gasteiger partial charge in [0.15, 0.2) is 0 Å². The van der Waals surface area contributed by atoms with Gasteiger partial charge >= 0.3 is 12.1 Å². The van der Waals surface area contributed by atoms with E-state index in [9.17, 15) is 31.2 Å². The van der Waals surface area contributed by atoms with Gasteiger partial charge in [-0.25, -0.2) is 8.42 Å². The number of rotatable bonds is 8. The van der Waals surface area contributed by atoms with E-state index in [-0.39, 0.29) is 38.1 Å². The number of anilines is 1. The first-order valence-electron chi connectivity index (χ1n) is 8.46. The molecule has 3 N–H and O–H groups in total. The topological polar surface area (TPSA) is 122 Å². The number of carboxylic acids is 1. The van der Waals surface area contributed by atoms with Gasteiger partial charge in [-0.05, 0) is 67.8 Å². The molecule has 2 aromatic rings. The minimum atomic E-state index is -4.71. The molecule has 0 aliphatic rings. The van der Waals surface area contributed by atoms with Gasteiger partial charge in [-0.2, -0.15) is 13.2 Å².